The molecule has 4 heteroatoms. The van der Waals surface area contributed by atoms with E-state index in [1.807, 2.05) is 30.3 Å². The second-order valence-corrected chi connectivity index (χ2v) is 5.26. The molecule has 1 aromatic carbocycles. The van der Waals surface area contributed by atoms with Gasteiger partial charge in [0.15, 0.2) is 0 Å². The lowest BCUT2D eigenvalue weighted by atomic mass is 9.85. The number of nitrogens with two attached hydrogens (primary N) is 1. The summed E-state index contributed by atoms with van der Waals surface area (Å²) in [6.45, 7) is 1.24. The van der Waals surface area contributed by atoms with E-state index >= 15 is 0 Å². The highest BCUT2D eigenvalue weighted by Gasteiger charge is 2.21. The summed E-state index contributed by atoms with van der Waals surface area (Å²) >= 11 is 0. The zero-order valence-electron chi connectivity index (χ0n) is 11.3. The maximum atomic E-state index is 11.7. The summed E-state index contributed by atoms with van der Waals surface area (Å²) in [6, 6.07) is 10.0. The Balaban J connectivity index is 1.67. The summed E-state index contributed by atoms with van der Waals surface area (Å²) in [7, 11) is 0. The minimum absolute atomic E-state index is 0.110. The quantitative estimate of drug-likeness (QED) is 0.776. The van der Waals surface area contributed by atoms with Gasteiger partial charge in [0.05, 0.1) is 0 Å². The Hall–Kier alpha value is -1.55. The first-order valence-electron chi connectivity index (χ1n) is 7.07. The molecule has 1 aliphatic carbocycles. The van der Waals surface area contributed by atoms with E-state index in [1.54, 1.807) is 0 Å². The Morgan fingerprint density at radius 2 is 1.89 bits per heavy atom. The Kier molecular flexibility index (Phi) is 5.21. The highest BCUT2D eigenvalue weighted by molar-refractivity contribution is 5.73. The van der Waals surface area contributed by atoms with Crippen LogP contribution in [0.1, 0.15) is 31.2 Å². The molecule has 4 N–H and O–H groups in total. The third-order valence-corrected chi connectivity index (χ3v) is 3.79. The predicted octanol–water partition coefficient (Wildman–Crippen LogP) is 2.00. The van der Waals surface area contributed by atoms with Crippen LogP contribution >= 0.6 is 0 Å². The van der Waals surface area contributed by atoms with Crippen molar-refractivity contribution in [3.8, 4) is 0 Å². The Labute approximate surface area is 114 Å². The highest BCUT2D eigenvalue weighted by Crippen LogP contribution is 2.21. The van der Waals surface area contributed by atoms with Gasteiger partial charge in [-0.1, -0.05) is 43.2 Å². The number of rotatable bonds is 4. The van der Waals surface area contributed by atoms with E-state index in [9.17, 15) is 4.79 Å². The van der Waals surface area contributed by atoms with E-state index in [-0.39, 0.29) is 12.1 Å². The number of amides is 2. The van der Waals surface area contributed by atoms with Gasteiger partial charge in [0, 0.05) is 19.1 Å². The molecule has 1 aromatic rings. The van der Waals surface area contributed by atoms with Crippen molar-refractivity contribution < 1.29 is 4.79 Å². The van der Waals surface area contributed by atoms with Crippen LogP contribution in [0.2, 0.25) is 0 Å². The van der Waals surface area contributed by atoms with Crippen LogP contribution in [0.4, 0.5) is 4.79 Å². The van der Waals surface area contributed by atoms with Crippen molar-refractivity contribution in [2.45, 2.75) is 38.3 Å². The van der Waals surface area contributed by atoms with Crippen molar-refractivity contribution >= 4 is 6.03 Å². The lowest BCUT2D eigenvalue weighted by Crippen LogP contribution is -2.44. The lowest BCUT2D eigenvalue weighted by Gasteiger charge is -2.28. The number of hydrogen-bond donors (Lipinski definition) is 3. The molecule has 104 valence electrons. The number of carbonyl (C=O) groups excluding carboxylic acids is 1. The third-order valence-electron chi connectivity index (χ3n) is 3.79. The third kappa shape index (κ3) is 4.56. The largest absolute Gasteiger partial charge is 0.338 e. The van der Waals surface area contributed by atoms with Crippen LogP contribution in [0.25, 0.3) is 0 Å². The molecule has 0 aliphatic heterocycles. The minimum atomic E-state index is -0.110. The molecule has 19 heavy (non-hydrogen) atoms. The summed E-state index contributed by atoms with van der Waals surface area (Å²) in [6.07, 6.45) is 4.65. The Morgan fingerprint density at radius 3 is 2.63 bits per heavy atom. The second kappa shape index (κ2) is 7.14. The van der Waals surface area contributed by atoms with Gasteiger partial charge in [-0.3, -0.25) is 0 Å². The smallest absolute Gasteiger partial charge is 0.315 e. The summed E-state index contributed by atoms with van der Waals surface area (Å²) in [5.41, 5.74) is 7.16. The molecule has 1 fully saturated rings. The van der Waals surface area contributed by atoms with Gasteiger partial charge in [0.25, 0.3) is 0 Å². The number of hydrogen-bond acceptors (Lipinski definition) is 2. The maximum Gasteiger partial charge on any atom is 0.315 e. The van der Waals surface area contributed by atoms with Crippen LogP contribution in [-0.4, -0.2) is 18.6 Å². The van der Waals surface area contributed by atoms with E-state index in [2.05, 4.69) is 10.6 Å². The maximum absolute atomic E-state index is 11.7. The van der Waals surface area contributed by atoms with Gasteiger partial charge in [0.1, 0.15) is 0 Å². The first-order valence-corrected chi connectivity index (χ1v) is 7.07. The number of carbonyl (C=O) groups is 1. The molecule has 2 atom stereocenters. The van der Waals surface area contributed by atoms with Crippen molar-refractivity contribution in [1.82, 2.24) is 10.6 Å². The monoisotopic (exact) mass is 261 g/mol. The molecule has 4 nitrogen and oxygen atoms in total. The number of urea groups is 1. The molecule has 2 rings (SSSR count). The van der Waals surface area contributed by atoms with Crippen molar-refractivity contribution in [2.24, 2.45) is 11.7 Å². The van der Waals surface area contributed by atoms with Crippen LogP contribution in [0.15, 0.2) is 30.3 Å². The summed E-state index contributed by atoms with van der Waals surface area (Å²) in [5.74, 6) is 0.427. The first kappa shape index (κ1) is 13.9. The van der Waals surface area contributed by atoms with Crippen molar-refractivity contribution in [3.63, 3.8) is 0 Å². The van der Waals surface area contributed by atoms with E-state index in [4.69, 9.17) is 5.73 Å². The van der Waals surface area contributed by atoms with E-state index in [1.165, 1.54) is 12.8 Å². The highest BCUT2D eigenvalue weighted by atomic mass is 16.2. The molecule has 2 unspecified atom stereocenters. The summed E-state index contributed by atoms with van der Waals surface area (Å²) in [5, 5.41) is 5.79. The first-order chi connectivity index (χ1) is 9.25. The van der Waals surface area contributed by atoms with Gasteiger partial charge in [0.2, 0.25) is 0 Å². The molecular weight excluding hydrogens is 238 g/mol. The SMILES string of the molecule is NC1CCCCC1CNC(=O)NCc1ccccc1. The van der Waals surface area contributed by atoms with Gasteiger partial charge in [-0.2, -0.15) is 0 Å². The van der Waals surface area contributed by atoms with Crippen LogP contribution in [0.3, 0.4) is 0 Å². The predicted molar refractivity (Wildman–Crippen MR) is 76.6 cm³/mol. The fourth-order valence-corrected chi connectivity index (χ4v) is 2.55. The molecule has 0 saturated heterocycles. The lowest BCUT2D eigenvalue weighted by molar-refractivity contribution is 0.233. The molecule has 0 spiro atoms. The topological polar surface area (TPSA) is 67.1 Å². The van der Waals surface area contributed by atoms with Crippen molar-refractivity contribution in [1.29, 1.82) is 0 Å². The zero-order valence-corrected chi connectivity index (χ0v) is 11.3. The van der Waals surface area contributed by atoms with Crippen LogP contribution in [-0.2, 0) is 6.54 Å². The molecule has 1 aliphatic rings. The molecular formula is C15H23N3O. The van der Waals surface area contributed by atoms with Gasteiger partial charge >= 0.3 is 6.03 Å². The van der Waals surface area contributed by atoms with Crippen molar-refractivity contribution in [3.05, 3.63) is 35.9 Å². The van der Waals surface area contributed by atoms with E-state index in [0.717, 1.165) is 18.4 Å². The average Bonchev–Trinajstić information content (AvgIpc) is 2.45. The molecule has 0 radical (unpaired) electrons. The Morgan fingerprint density at radius 1 is 1.16 bits per heavy atom. The van der Waals surface area contributed by atoms with Gasteiger partial charge in [-0.05, 0) is 24.3 Å². The Bertz CT molecular complexity index is 394. The van der Waals surface area contributed by atoms with E-state index in [0.29, 0.717) is 19.0 Å². The number of benzene rings is 1. The second-order valence-electron chi connectivity index (χ2n) is 5.26. The van der Waals surface area contributed by atoms with Crippen LogP contribution < -0.4 is 16.4 Å². The molecule has 0 heterocycles. The van der Waals surface area contributed by atoms with Gasteiger partial charge in [-0.25, -0.2) is 4.79 Å². The zero-order chi connectivity index (χ0) is 13.5. The summed E-state index contributed by atoms with van der Waals surface area (Å²) < 4.78 is 0. The summed E-state index contributed by atoms with van der Waals surface area (Å²) in [4.78, 5) is 11.7. The number of nitrogens with one attached hydrogen (secondary N) is 2. The fraction of sp³-hybridized carbons (Fsp3) is 0.533. The van der Waals surface area contributed by atoms with Gasteiger partial charge in [-0.15, -0.1) is 0 Å². The van der Waals surface area contributed by atoms with Crippen molar-refractivity contribution in [2.75, 3.05) is 6.54 Å². The van der Waals surface area contributed by atoms with Crippen LogP contribution in [0, 0.1) is 5.92 Å². The minimum Gasteiger partial charge on any atom is -0.338 e. The van der Waals surface area contributed by atoms with Gasteiger partial charge < -0.3 is 16.4 Å². The molecule has 0 aromatic heterocycles. The molecule has 0 bridgehead atoms. The van der Waals surface area contributed by atoms with Crippen LogP contribution in [0.5, 0.6) is 0 Å². The molecule has 2 amide bonds. The normalized spacial score (nSPS) is 22.8. The molecule has 1 saturated carbocycles. The standard InChI is InChI=1S/C15H23N3O/c16-14-9-5-4-8-13(14)11-18-15(19)17-10-12-6-2-1-3-7-12/h1-3,6-7,13-14H,4-5,8-11,16H2,(H2,17,18,19). The fourth-order valence-electron chi connectivity index (χ4n) is 2.55. The average molecular weight is 261 g/mol. The van der Waals surface area contributed by atoms with E-state index < -0.39 is 0 Å².